The van der Waals surface area contributed by atoms with Crippen LogP contribution in [0.2, 0.25) is 10.0 Å². The van der Waals surface area contributed by atoms with Crippen molar-refractivity contribution in [2.24, 2.45) is 0 Å². The molecule has 0 bridgehead atoms. The number of ether oxygens (including phenoxy) is 1. The Morgan fingerprint density at radius 3 is 2.74 bits per heavy atom. The quantitative estimate of drug-likeness (QED) is 0.584. The topological polar surface area (TPSA) is 47.4 Å². The molecule has 27 heavy (non-hydrogen) atoms. The number of alkyl halides is 3. The number of hydrogen-bond donors (Lipinski definition) is 0. The number of rotatable bonds is 8. The molecule has 0 radical (unpaired) electrons. The summed E-state index contributed by atoms with van der Waals surface area (Å²) in [5.41, 5.74) is 0. The van der Waals surface area contributed by atoms with Crippen LogP contribution in [0.4, 0.5) is 13.2 Å². The third kappa shape index (κ3) is 6.95. The zero-order valence-corrected chi connectivity index (χ0v) is 16.0. The van der Waals surface area contributed by atoms with Gasteiger partial charge in [0.25, 0.3) is 0 Å². The molecule has 0 spiro atoms. The van der Waals surface area contributed by atoms with E-state index in [1.54, 1.807) is 18.2 Å². The second-order valence-electron chi connectivity index (χ2n) is 5.86. The third-order valence-electron chi connectivity index (χ3n) is 3.64. The van der Waals surface area contributed by atoms with Crippen molar-refractivity contribution < 1.29 is 22.7 Å². The van der Waals surface area contributed by atoms with Crippen LogP contribution < -0.4 is 4.74 Å². The zero-order valence-electron chi connectivity index (χ0n) is 14.5. The Kier molecular flexibility index (Phi) is 7.38. The minimum absolute atomic E-state index is 0.00815. The molecule has 148 valence electrons. The molecule has 0 unspecified atom stereocenters. The predicted molar refractivity (Wildman–Crippen MR) is 95.9 cm³/mol. The summed E-state index contributed by atoms with van der Waals surface area (Å²) in [6.45, 7) is -0.879. The van der Waals surface area contributed by atoms with E-state index in [9.17, 15) is 18.0 Å². The van der Waals surface area contributed by atoms with Gasteiger partial charge in [0.1, 0.15) is 18.1 Å². The van der Waals surface area contributed by atoms with Gasteiger partial charge in [-0.3, -0.25) is 4.79 Å². The van der Waals surface area contributed by atoms with E-state index in [1.165, 1.54) is 24.3 Å². The maximum atomic E-state index is 12.5. The van der Waals surface area contributed by atoms with E-state index in [0.717, 1.165) is 4.57 Å². The Morgan fingerprint density at radius 1 is 1.33 bits per heavy atom. The zero-order chi connectivity index (χ0) is 20.0. The highest BCUT2D eigenvalue weighted by atomic mass is 35.5. The number of aromatic nitrogens is 2. The fourth-order valence-corrected chi connectivity index (χ4v) is 2.78. The Hall–Kier alpha value is -1.93. The van der Waals surface area contributed by atoms with Crippen LogP contribution in [0.1, 0.15) is 18.7 Å². The van der Waals surface area contributed by atoms with E-state index >= 15 is 0 Å². The second-order valence-corrected chi connectivity index (χ2v) is 6.71. The van der Waals surface area contributed by atoms with Crippen molar-refractivity contribution in [3.63, 3.8) is 0 Å². The molecule has 0 saturated heterocycles. The average molecular weight is 424 g/mol. The summed E-state index contributed by atoms with van der Waals surface area (Å²) in [5.74, 6) is 0.422. The molecule has 0 N–H and O–H groups in total. The molecule has 1 heterocycles. The highest BCUT2D eigenvalue weighted by Crippen LogP contribution is 2.27. The monoisotopic (exact) mass is 423 g/mol. The molecule has 0 aliphatic carbocycles. The largest absolute Gasteiger partial charge is 0.492 e. The number of carbonyl (C=O) groups excluding carboxylic acids is 1. The normalized spacial score (nSPS) is 11.5. The lowest BCUT2D eigenvalue weighted by molar-refractivity contribution is -0.141. The van der Waals surface area contributed by atoms with Crippen LogP contribution >= 0.6 is 23.2 Å². The first kappa shape index (κ1) is 21.4. The molecule has 2 rings (SSSR count). The fourth-order valence-electron chi connectivity index (χ4n) is 2.32. The summed E-state index contributed by atoms with van der Waals surface area (Å²) in [6, 6.07) is 4.84. The first-order valence-corrected chi connectivity index (χ1v) is 8.80. The van der Waals surface area contributed by atoms with Crippen molar-refractivity contribution in [2.75, 3.05) is 13.7 Å². The Balaban J connectivity index is 1.78. The van der Waals surface area contributed by atoms with Crippen molar-refractivity contribution in [1.29, 1.82) is 0 Å². The van der Waals surface area contributed by atoms with Crippen molar-refractivity contribution in [3.05, 3.63) is 46.5 Å². The predicted octanol–water partition coefficient (Wildman–Crippen LogP) is 4.57. The van der Waals surface area contributed by atoms with Gasteiger partial charge in [-0.05, 0) is 24.6 Å². The second kappa shape index (κ2) is 9.32. The number of imidazole rings is 1. The van der Waals surface area contributed by atoms with E-state index in [0.29, 0.717) is 22.2 Å². The van der Waals surface area contributed by atoms with Gasteiger partial charge >= 0.3 is 6.18 Å². The molecule has 0 atom stereocenters. The number of nitrogens with zero attached hydrogens (tertiary/aromatic N) is 3. The summed E-state index contributed by atoms with van der Waals surface area (Å²) in [5, 5.41) is 0.871. The van der Waals surface area contributed by atoms with Crippen LogP contribution in [0.25, 0.3) is 0 Å². The fraction of sp³-hybridized carbons (Fsp3) is 0.412. The van der Waals surface area contributed by atoms with Crippen LogP contribution in [-0.4, -0.2) is 40.2 Å². The number of amides is 1. The Morgan fingerprint density at radius 2 is 2.07 bits per heavy atom. The third-order valence-corrected chi connectivity index (χ3v) is 4.17. The van der Waals surface area contributed by atoms with Crippen LogP contribution in [0.3, 0.4) is 0 Å². The minimum Gasteiger partial charge on any atom is -0.492 e. The first-order chi connectivity index (χ1) is 12.7. The lowest BCUT2D eigenvalue weighted by Crippen LogP contribution is -2.29. The molecule has 1 amide bonds. The minimum atomic E-state index is -4.35. The van der Waals surface area contributed by atoms with E-state index in [2.05, 4.69) is 4.98 Å². The number of halogens is 5. The van der Waals surface area contributed by atoms with Crippen molar-refractivity contribution >= 4 is 29.1 Å². The highest BCUT2D eigenvalue weighted by molar-refractivity contribution is 6.35. The first-order valence-electron chi connectivity index (χ1n) is 8.04. The Bertz CT molecular complexity index is 781. The van der Waals surface area contributed by atoms with Crippen LogP contribution in [0.5, 0.6) is 5.75 Å². The number of hydrogen-bond acceptors (Lipinski definition) is 3. The lowest BCUT2D eigenvalue weighted by Gasteiger charge is -2.18. The van der Waals surface area contributed by atoms with Gasteiger partial charge in [-0.25, -0.2) is 4.98 Å². The van der Waals surface area contributed by atoms with Crippen LogP contribution in [0, 0.1) is 0 Å². The molecule has 10 heteroatoms. The van der Waals surface area contributed by atoms with Crippen LogP contribution in [-0.2, 0) is 17.9 Å². The summed E-state index contributed by atoms with van der Waals surface area (Å²) >= 11 is 11.8. The maximum absolute atomic E-state index is 12.5. The molecule has 0 aliphatic heterocycles. The summed E-state index contributed by atoms with van der Waals surface area (Å²) in [7, 11) is 1.52. The highest BCUT2D eigenvalue weighted by Gasteiger charge is 2.29. The average Bonchev–Trinajstić information content (AvgIpc) is 2.97. The lowest BCUT2D eigenvalue weighted by atomic mass is 10.3. The molecule has 1 aromatic heterocycles. The van der Waals surface area contributed by atoms with Gasteiger partial charge in [0.15, 0.2) is 0 Å². The molecule has 2 aromatic rings. The molecule has 0 fully saturated rings. The van der Waals surface area contributed by atoms with Gasteiger partial charge in [-0.1, -0.05) is 23.2 Å². The van der Waals surface area contributed by atoms with Crippen LogP contribution in [0.15, 0.2) is 30.6 Å². The van der Waals surface area contributed by atoms with Gasteiger partial charge in [0, 0.05) is 30.9 Å². The van der Waals surface area contributed by atoms with Gasteiger partial charge in [0.2, 0.25) is 5.91 Å². The Labute approximate surface area is 164 Å². The molecule has 5 nitrogen and oxygen atoms in total. The summed E-state index contributed by atoms with van der Waals surface area (Å²) < 4.78 is 44.1. The van der Waals surface area contributed by atoms with Gasteiger partial charge < -0.3 is 14.2 Å². The SMILES string of the molecule is CN(Cc1nccn1CC(F)(F)F)C(=O)CCCOc1ccc(Cl)cc1Cl. The van der Waals surface area contributed by atoms with Crippen molar-refractivity contribution in [2.45, 2.75) is 32.1 Å². The number of carbonyl (C=O) groups is 1. The summed E-state index contributed by atoms with van der Waals surface area (Å²) in [4.78, 5) is 17.4. The number of benzene rings is 1. The maximum Gasteiger partial charge on any atom is 0.406 e. The molecule has 0 aliphatic rings. The van der Waals surface area contributed by atoms with Gasteiger partial charge in [-0.15, -0.1) is 0 Å². The van der Waals surface area contributed by atoms with Gasteiger partial charge in [0.05, 0.1) is 18.2 Å². The molecule has 1 aromatic carbocycles. The van der Waals surface area contributed by atoms with E-state index in [1.807, 2.05) is 0 Å². The van der Waals surface area contributed by atoms with Crippen molar-refractivity contribution in [3.8, 4) is 5.75 Å². The van der Waals surface area contributed by atoms with Crippen molar-refractivity contribution in [1.82, 2.24) is 14.5 Å². The van der Waals surface area contributed by atoms with E-state index in [4.69, 9.17) is 27.9 Å². The standard InChI is InChI=1S/C17H18Cl2F3N3O2/c1-24(10-15-23-6-7-25(15)11-17(20,21)22)16(26)3-2-8-27-14-5-4-12(18)9-13(14)19/h4-7,9H,2-3,8,10-11H2,1H3. The summed E-state index contributed by atoms with van der Waals surface area (Å²) in [6.07, 6.45) is -1.22. The molecule has 0 saturated carbocycles. The molecular weight excluding hydrogens is 406 g/mol. The van der Waals surface area contributed by atoms with E-state index < -0.39 is 12.7 Å². The van der Waals surface area contributed by atoms with Gasteiger partial charge in [-0.2, -0.15) is 13.2 Å². The van der Waals surface area contributed by atoms with E-state index in [-0.39, 0.29) is 31.3 Å². The molecular formula is C17H18Cl2F3N3O2. The smallest absolute Gasteiger partial charge is 0.406 e.